The summed E-state index contributed by atoms with van der Waals surface area (Å²) in [5.41, 5.74) is 4.95. The molecule has 0 spiro atoms. The van der Waals surface area contributed by atoms with Crippen molar-refractivity contribution in [1.29, 1.82) is 5.26 Å². The number of nitriles is 1. The number of nitrogens with zero attached hydrogens (tertiary/aromatic N) is 1. The van der Waals surface area contributed by atoms with Gasteiger partial charge in [0.15, 0.2) is 0 Å². The molecule has 8 heteroatoms. The van der Waals surface area contributed by atoms with Gasteiger partial charge in [0, 0.05) is 5.56 Å². The van der Waals surface area contributed by atoms with Gasteiger partial charge in [-0.2, -0.15) is 14.0 Å². The van der Waals surface area contributed by atoms with Crippen LogP contribution in [0.15, 0.2) is 16.6 Å². The smallest absolute Gasteiger partial charge is 0.379 e. The van der Waals surface area contributed by atoms with Crippen molar-refractivity contribution in [3.8, 4) is 11.8 Å². The number of carbonyl (C=O) groups is 1. The summed E-state index contributed by atoms with van der Waals surface area (Å²) in [6.45, 7) is 1.15. The number of phenolic OH excluding ortho intramolecular Hbond substituents is 1. The Hall–Kier alpha value is -1.72. The number of benzene rings is 1. The highest BCUT2D eigenvalue weighted by Gasteiger charge is 2.48. The van der Waals surface area contributed by atoms with E-state index in [-0.39, 0.29) is 16.6 Å². The van der Waals surface area contributed by atoms with Gasteiger partial charge >= 0.3 is 11.9 Å². The molecule has 0 aliphatic rings. The third kappa shape index (κ3) is 3.05. The molecule has 0 saturated carbocycles. The molecule has 1 aromatic carbocycles. The van der Waals surface area contributed by atoms with Crippen LogP contribution in [0, 0.1) is 11.3 Å². The van der Waals surface area contributed by atoms with E-state index in [0.717, 1.165) is 6.07 Å². The van der Waals surface area contributed by atoms with Crippen LogP contribution in [0.5, 0.6) is 5.75 Å². The Kier molecular flexibility index (Phi) is 5.03. The maximum atomic E-state index is 13.8. The minimum atomic E-state index is -4.03. The molecule has 0 fully saturated rings. The van der Waals surface area contributed by atoms with E-state index in [9.17, 15) is 18.7 Å². The minimum Gasteiger partial charge on any atom is -0.506 e. The Balaban J connectivity index is 3.27. The molecule has 0 amide bonds. The van der Waals surface area contributed by atoms with Gasteiger partial charge in [0.25, 0.3) is 0 Å². The third-order valence-electron chi connectivity index (χ3n) is 2.50. The van der Waals surface area contributed by atoms with Crippen LogP contribution in [0.2, 0.25) is 0 Å². The summed E-state index contributed by atoms with van der Waals surface area (Å²) in [5.74, 6) is -6.37. The van der Waals surface area contributed by atoms with Gasteiger partial charge in [0.2, 0.25) is 0 Å². The lowest BCUT2D eigenvalue weighted by atomic mass is 9.98. The Labute approximate surface area is 122 Å². The molecule has 1 aromatic rings. The molecular formula is C12H11BrF2N2O3. The van der Waals surface area contributed by atoms with Crippen LogP contribution in [0.4, 0.5) is 8.78 Å². The summed E-state index contributed by atoms with van der Waals surface area (Å²) in [5, 5.41) is 18.5. The SMILES string of the molecule is CCOC(=O)C(F)(F)[C@H](N)c1cc(C#N)cc(Br)c1O. The first kappa shape index (κ1) is 16.3. The standard InChI is InChI=1S/C12H11BrF2N2O3/c1-2-20-11(19)12(14,15)10(17)7-3-6(5-16)4-8(13)9(7)18/h3-4,10,18H,2,17H2,1H3/t10-/m1/s1. The lowest BCUT2D eigenvalue weighted by Crippen LogP contribution is -2.41. The number of phenols is 1. The van der Waals surface area contributed by atoms with E-state index in [1.807, 2.05) is 0 Å². The maximum Gasteiger partial charge on any atom is 0.379 e. The third-order valence-corrected chi connectivity index (χ3v) is 3.10. The highest BCUT2D eigenvalue weighted by Crippen LogP contribution is 2.39. The number of esters is 1. The molecule has 0 saturated heterocycles. The number of ether oxygens (including phenoxy) is 1. The van der Waals surface area contributed by atoms with Gasteiger partial charge in [-0.15, -0.1) is 0 Å². The predicted octanol–water partition coefficient (Wildman–Crippen LogP) is 2.22. The van der Waals surface area contributed by atoms with Gasteiger partial charge in [-0.3, -0.25) is 0 Å². The number of carbonyl (C=O) groups excluding carboxylic acids is 1. The van der Waals surface area contributed by atoms with Gasteiger partial charge in [-0.25, -0.2) is 4.79 Å². The van der Waals surface area contributed by atoms with Gasteiger partial charge in [-0.1, -0.05) is 0 Å². The van der Waals surface area contributed by atoms with Crippen molar-refractivity contribution in [3.05, 3.63) is 27.7 Å². The number of aromatic hydroxyl groups is 1. The van der Waals surface area contributed by atoms with Gasteiger partial charge < -0.3 is 15.6 Å². The van der Waals surface area contributed by atoms with E-state index >= 15 is 0 Å². The predicted molar refractivity (Wildman–Crippen MR) is 69.0 cm³/mol. The molecular weight excluding hydrogens is 338 g/mol. The van der Waals surface area contributed by atoms with Crippen LogP contribution in [-0.4, -0.2) is 23.6 Å². The monoisotopic (exact) mass is 348 g/mol. The zero-order valence-electron chi connectivity index (χ0n) is 10.4. The van der Waals surface area contributed by atoms with Crippen molar-refractivity contribution in [1.82, 2.24) is 0 Å². The Morgan fingerprint density at radius 1 is 1.65 bits per heavy atom. The molecule has 0 aliphatic carbocycles. The van der Waals surface area contributed by atoms with Crippen molar-refractivity contribution in [2.24, 2.45) is 5.73 Å². The van der Waals surface area contributed by atoms with Crippen molar-refractivity contribution in [3.63, 3.8) is 0 Å². The topological polar surface area (TPSA) is 96.3 Å². The summed E-state index contributed by atoms with van der Waals surface area (Å²) in [7, 11) is 0. The molecule has 108 valence electrons. The van der Waals surface area contributed by atoms with Crippen molar-refractivity contribution >= 4 is 21.9 Å². The van der Waals surface area contributed by atoms with E-state index < -0.39 is 29.2 Å². The van der Waals surface area contributed by atoms with E-state index in [4.69, 9.17) is 11.0 Å². The molecule has 0 radical (unpaired) electrons. The van der Waals surface area contributed by atoms with Crippen molar-refractivity contribution < 1.29 is 23.4 Å². The Bertz CT molecular complexity index is 573. The normalized spacial score (nSPS) is 12.6. The quantitative estimate of drug-likeness (QED) is 0.813. The summed E-state index contributed by atoms with van der Waals surface area (Å²) in [4.78, 5) is 11.2. The molecule has 0 aliphatic heterocycles. The van der Waals surface area contributed by atoms with Crippen LogP contribution < -0.4 is 5.73 Å². The summed E-state index contributed by atoms with van der Waals surface area (Å²) in [6.07, 6.45) is 0. The summed E-state index contributed by atoms with van der Waals surface area (Å²) in [6, 6.07) is 1.85. The lowest BCUT2D eigenvalue weighted by Gasteiger charge is -2.23. The van der Waals surface area contributed by atoms with Gasteiger partial charge in [-0.05, 0) is 35.0 Å². The zero-order valence-corrected chi connectivity index (χ0v) is 11.9. The number of hydrogen-bond donors (Lipinski definition) is 2. The first-order valence-electron chi connectivity index (χ1n) is 5.48. The number of nitrogens with two attached hydrogens (primary N) is 1. The van der Waals surface area contributed by atoms with Crippen LogP contribution in [0.1, 0.15) is 24.1 Å². The molecule has 1 rings (SSSR count). The van der Waals surface area contributed by atoms with E-state index in [0.29, 0.717) is 0 Å². The highest BCUT2D eigenvalue weighted by atomic mass is 79.9. The fraction of sp³-hybridized carbons (Fsp3) is 0.333. The number of rotatable bonds is 4. The minimum absolute atomic E-state index is 0.0137. The van der Waals surface area contributed by atoms with Crippen LogP contribution in [0.3, 0.4) is 0 Å². The van der Waals surface area contributed by atoms with Crippen molar-refractivity contribution in [2.45, 2.75) is 18.9 Å². The second-order valence-corrected chi connectivity index (χ2v) is 4.68. The molecule has 0 bridgehead atoms. The Morgan fingerprint density at radius 3 is 2.75 bits per heavy atom. The van der Waals surface area contributed by atoms with Crippen LogP contribution in [-0.2, 0) is 9.53 Å². The summed E-state index contributed by atoms with van der Waals surface area (Å²) < 4.78 is 31.9. The highest BCUT2D eigenvalue weighted by molar-refractivity contribution is 9.10. The van der Waals surface area contributed by atoms with E-state index in [1.165, 1.54) is 13.0 Å². The van der Waals surface area contributed by atoms with Gasteiger partial charge in [0.1, 0.15) is 11.8 Å². The molecule has 20 heavy (non-hydrogen) atoms. The molecule has 3 N–H and O–H groups in total. The second-order valence-electron chi connectivity index (χ2n) is 3.83. The second kappa shape index (κ2) is 6.15. The first-order chi connectivity index (χ1) is 9.25. The molecule has 5 nitrogen and oxygen atoms in total. The zero-order chi connectivity index (χ0) is 15.5. The molecule has 0 heterocycles. The average Bonchev–Trinajstić information content (AvgIpc) is 2.41. The number of alkyl halides is 2. The average molecular weight is 349 g/mol. The molecule has 0 unspecified atom stereocenters. The largest absolute Gasteiger partial charge is 0.506 e. The Morgan fingerprint density at radius 2 is 2.25 bits per heavy atom. The summed E-state index contributed by atoms with van der Waals surface area (Å²) >= 11 is 2.92. The fourth-order valence-electron chi connectivity index (χ4n) is 1.47. The van der Waals surface area contributed by atoms with E-state index in [1.54, 1.807) is 6.07 Å². The number of halogens is 3. The first-order valence-corrected chi connectivity index (χ1v) is 6.28. The molecule has 1 atom stereocenters. The fourth-order valence-corrected chi connectivity index (χ4v) is 1.95. The number of hydrogen-bond acceptors (Lipinski definition) is 5. The van der Waals surface area contributed by atoms with Crippen molar-refractivity contribution in [2.75, 3.05) is 6.61 Å². The van der Waals surface area contributed by atoms with E-state index in [2.05, 4.69) is 20.7 Å². The van der Waals surface area contributed by atoms with Crippen LogP contribution in [0.25, 0.3) is 0 Å². The van der Waals surface area contributed by atoms with Gasteiger partial charge in [0.05, 0.1) is 22.7 Å². The van der Waals surface area contributed by atoms with Crippen LogP contribution >= 0.6 is 15.9 Å². The molecule has 0 aromatic heterocycles. The lowest BCUT2D eigenvalue weighted by molar-refractivity contribution is -0.174. The maximum absolute atomic E-state index is 13.8.